The summed E-state index contributed by atoms with van der Waals surface area (Å²) < 4.78 is 13.1. The second-order valence-corrected chi connectivity index (χ2v) is 6.56. The summed E-state index contributed by atoms with van der Waals surface area (Å²) in [5.74, 6) is -0.872. The number of nitrogens with zero attached hydrogens (tertiary/aromatic N) is 4. The zero-order chi connectivity index (χ0) is 21.6. The minimum Gasteiger partial charge on any atom is -0.324 e. The molecular weight excluding hydrogens is 399 g/mol. The van der Waals surface area contributed by atoms with Gasteiger partial charge in [0.15, 0.2) is 0 Å². The Balaban J connectivity index is 1.43. The first kappa shape index (κ1) is 19.9. The number of rotatable bonds is 6. The molecule has 0 atom stereocenters. The predicted molar refractivity (Wildman–Crippen MR) is 113 cm³/mol. The van der Waals surface area contributed by atoms with Crippen molar-refractivity contribution in [2.24, 2.45) is 0 Å². The minimum atomic E-state index is -0.428. The van der Waals surface area contributed by atoms with Gasteiger partial charge in [-0.25, -0.2) is 4.39 Å². The van der Waals surface area contributed by atoms with Gasteiger partial charge in [-0.3, -0.25) is 9.59 Å². The highest BCUT2D eigenvalue weighted by Gasteiger charge is 2.15. The van der Waals surface area contributed by atoms with E-state index in [-0.39, 0.29) is 24.1 Å². The van der Waals surface area contributed by atoms with E-state index in [4.69, 9.17) is 0 Å². The Morgan fingerprint density at radius 1 is 0.871 bits per heavy atom. The van der Waals surface area contributed by atoms with Crippen molar-refractivity contribution in [1.29, 1.82) is 0 Å². The van der Waals surface area contributed by atoms with Crippen LogP contribution in [0.3, 0.4) is 0 Å². The largest absolute Gasteiger partial charge is 0.324 e. The molecule has 4 aromatic rings. The predicted octanol–water partition coefficient (Wildman–Crippen LogP) is 3.37. The Bertz CT molecular complexity index is 1210. The van der Waals surface area contributed by atoms with Crippen LogP contribution < -0.4 is 10.6 Å². The molecule has 0 spiro atoms. The quantitative estimate of drug-likeness (QED) is 0.502. The fourth-order valence-corrected chi connectivity index (χ4v) is 2.85. The SMILES string of the molecule is O=C(Cn1nnc(-c2ccc(F)cc2)n1)Nc1ccccc1C(=O)Nc1ccccc1. The molecular formula is C22H17FN6O2. The number of amides is 2. The van der Waals surface area contributed by atoms with Gasteiger partial charge >= 0.3 is 0 Å². The summed E-state index contributed by atoms with van der Waals surface area (Å²) in [6, 6.07) is 21.3. The summed E-state index contributed by atoms with van der Waals surface area (Å²) in [7, 11) is 0. The van der Waals surface area contributed by atoms with Crippen molar-refractivity contribution in [3.05, 3.63) is 90.2 Å². The number of anilines is 2. The number of tetrazole rings is 1. The van der Waals surface area contributed by atoms with Crippen LogP contribution in [0.4, 0.5) is 15.8 Å². The fraction of sp³-hybridized carbons (Fsp3) is 0.0455. The maximum absolute atomic E-state index is 13.1. The molecule has 0 bridgehead atoms. The standard InChI is InChI=1S/C22H17FN6O2/c23-16-12-10-15(11-13-16)21-26-28-29(27-21)14-20(30)25-19-9-5-4-8-18(19)22(31)24-17-6-2-1-3-7-17/h1-13H,14H2,(H,24,31)(H,25,30). The zero-order valence-electron chi connectivity index (χ0n) is 16.2. The molecule has 2 N–H and O–H groups in total. The second kappa shape index (κ2) is 8.95. The van der Waals surface area contributed by atoms with E-state index in [0.29, 0.717) is 22.5 Å². The maximum atomic E-state index is 13.1. The van der Waals surface area contributed by atoms with Crippen molar-refractivity contribution >= 4 is 23.2 Å². The van der Waals surface area contributed by atoms with E-state index in [1.165, 1.54) is 24.3 Å². The summed E-state index contributed by atoms with van der Waals surface area (Å²) in [6.45, 7) is -0.206. The lowest BCUT2D eigenvalue weighted by molar-refractivity contribution is -0.117. The highest BCUT2D eigenvalue weighted by atomic mass is 19.1. The number of hydrogen-bond acceptors (Lipinski definition) is 5. The van der Waals surface area contributed by atoms with Crippen molar-refractivity contribution in [2.45, 2.75) is 6.54 Å². The molecule has 0 aliphatic rings. The van der Waals surface area contributed by atoms with Gasteiger partial charge in [0.1, 0.15) is 12.4 Å². The Hall–Kier alpha value is -4.40. The molecule has 0 saturated carbocycles. The molecule has 8 nitrogen and oxygen atoms in total. The van der Waals surface area contributed by atoms with Crippen LogP contribution in [0.25, 0.3) is 11.4 Å². The minimum absolute atomic E-state index is 0.206. The van der Waals surface area contributed by atoms with Crippen molar-refractivity contribution in [3.8, 4) is 11.4 Å². The third-order valence-corrected chi connectivity index (χ3v) is 4.32. The molecule has 31 heavy (non-hydrogen) atoms. The zero-order valence-corrected chi connectivity index (χ0v) is 16.2. The average Bonchev–Trinajstić information content (AvgIpc) is 3.23. The van der Waals surface area contributed by atoms with Crippen LogP contribution in [-0.4, -0.2) is 32.0 Å². The normalized spacial score (nSPS) is 10.5. The van der Waals surface area contributed by atoms with Gasteiger partial charge in [-0.05, 0) is 53.7 Å². The first-order chi connectivity index (χ1) is 15.1. The Morgan fingerprint density at radius 3 is 2.35 bits per heavy atom. The molecule has 1 aromatic heterocycles. The lowest BCUT2D eigenvalue weighted by Gasteiger charge is -2.11. The molecule has 154 valence electrons. The summed E-state index contributed by atoms with van der Waals surface area (Å²) in [5.41, 5.74) is 1.91. The van der Waals surface area contributed by atoms with Gasteiger partial charge in [0.25, 0.3) is 5.91 Å². The van der Waals surface area contributed by atoms with E-state index >= 15 is 0 Å². The number of para-hydroxylation sites is 2. The van der Waals surface area contributed by atoms with Crippen LogP contribution in [0.5, 0.6) is 0 Å². The number of carbonyl (C=O) groups is 2. The molecule has 0 aliphatic heterocycles. The first-order valence-corrected chi connectivity index (χ1v) is 9.37. The molecule has 0 radical (unpaired) electrons. The smallest absolute Gasteiger partial charge is 0.257 e. The van der Waals surface area contributed by atoms with Gasteiger partial charge in [-0.2, -0.15) is 4.80 Å². The van der Waals surface area contributed by atoms with E-state index in [1.54, 1.807) is 36.4 Å². The average molecular weight is 416 g/mol. The highest BCUT2D eigenvalue weighted by molar-refractivity contribution is 6.10. The molecule has 0 fully saturated rings. The summed E-state index contributed by atoms with van der Waals surface area (Å²) >= 11 is 0. The number of aromatic nitrogens is 4. The van der Waals surface area contributed by atoms with E-state index < -0.39 is 5.91 Å². The van der Waals surface area contributed by atoms with Crippen LogP contribution in [0.1, 0.15) is 10.4 Å². The Kier molecular flexibility index (Phi) is 5.75. The van der Waals surface area contributed by atoms with Crippen molar-refractivity contribution in [2.75, 3.05) is 10.6 Å². The lowest BCUT2D eigenvalue weighted by Crippen LogP contribution is -2.22. The molecule has 0 saturated heterocycles. The Morgan fingerprint density at radius 2 is 1.58 bits per heavy atom. The van der Waals surface area contributed by atoms with E-state index in [1.807, 2.05) is 18.2 Å². The number of benzene rings is 3. The van der Waals surface area contributed by atoms with Crippen LogP contribution in [0.2, 0.25) is 0 Å². The third kappa shape index (κ3) is 4.96. The van der Waals surface area contributed by atoms with Gasteiger partial charge in [0, 0.05) is 11.3 Å². The van der Waals surface area contributed by atoms with Crippen molar-refractivity contribution < 1.29 is 14.0 Å². The van der Waals surface area contributed by atoms with Crippen molar-refractivity contribution in [3.63, 3.8) is 0 Å². The molecule has 1 heterocycles. The Labute approximate surface area is 176 Å². The molecule has 0 aliphatic carbocycles. The summed E-state index contributed by atoms with van der Waals surface area (Å²) in [4.78, 5) is 26.2. The van der Waals surface area contributed by atoms with Crippen molar-refractivity contribution in [1.82, 2.24) is 20.2 Å². The van der Waals surface area contributed by atoms with Gasteiger partial charge in [-0.1, -0.05) is 30.3 Å². The molecule has 0 unspecified atom stereocenters. The molecule has 4 rings (SSSR count). The summed E-state index contributed by atoms with van der Waals surface area (Å²) in [6.07, 6.45) is 0. The summed E-state index contributed by atoms with van der Waals surface area (Å²) in [5, 5.41) is 17.4. The van der Waals surface area contributed by atoms with Crippen LogP contribution in [-0.2, 0) is 11.3 Å². The van der Waals surface area contributed by atoms with Crippen LogP contribution in [0, 0.1) is 5.82 Å². The van der Waals surface area contributed by atoms with E-state index in [2.05, 4.69) is 26.0 Å². The topological polar surface area (TPSA) is 102 Å². The van der Waals surface area contributed by atoms with Crippen LogP contribution in [0.15, 0.2) is 78.9 Å². The molecule has 2 amide bonds. The third-order valence-electron chi connectivity index (χ3n) is 4.32. The number of nitrogens with one attached hydrogen (secondary N) is 2. The van der Waals surface area contributed by atoms with Gasteiger partial charge in [-0.15, -0.1) is 10.2 Å². The fourth-order valence-electron chi connectivity index (χ4n) is 2.85. The molecule has 3 aromatic carbocycles. The van der Waals surface area contributed by atoms with Gasteiger partial charge < -0.3 is 10.6 Å². The number of hydrogen-bond donors (Lipinski definition) is 2. The van der Waals surface area contributed by atoms with Gasteiger partial charge in [0.2, 0.25) is 11.7 Å². The first-order valence-electron chi connectivity index (χ1n) is 9.37. The highest BCUT2D eigenvalue weighted by Crippen LogP contribution is 2.18. The molecule has 9 heteroatoms. The maximum Gasteiger partial charge on any atom is 0.257 e. The second-order valence-electron chi connectivity index (χ2n) is 6.56. The number of carbonyl (C=O) groups excluding carboxylic acids is 2. The van der Waals surface area contributed by atoms with E-state index in [9.17, 15) is 14.0 Å². The number of halogens is 1. The lowest BCUT2D eigenvalue weighted by atomic mass is 10.1. The van der Waals surface area contributed by atoms with Gasteiger partial charge in [0.05, 0.1) is 11.3 Å². The van der Waals surface area contributed by atoms with Crippen LogP contribution >= 0.6 is 0 Å². The monoisotopic (exact) mass is 416 g/mol. The van der Waals surface area contributed by atoms with E-state index in [0.717, 1.165) is 4.80 Å².